The van der Waals surface area contributed by atoms with E-state index in [9.17, 15) is 9.59 Å². The number of likely N-dealkylation sites (tertiary alicyclic amines) is 1. The van der Waals surface area contributed by atoms with Crippen molar-refractivity contribution in [2.24, 2.45) is 5.73 Å². The van der Waals surface area contributed by atoms with E-state index in [4.69, 9.17) is 5.73 Å². The monoisotopic (exact) mass is 387 g/mol. The molecular weight excluding hydrogens is 362 g/mol. The standard InChI is InChI=1S/C21H25N3O2.ClH/c22-19(16-8-3-1-4-9-16)15-20(25)23-18-11-7-10-17(14-18)21(26)24-12-5-2-6-13-24;/h1,3-4,7-11,14,19H,2,5-6,12-13,15,22H2,(H,23,25);1H. The zero-order valence-electron chi connectivity index (χ0n) is 15.3. The molecule has 27 heavy (non-hydrogen) atoms. The van der Waals surface area contributed by atoms with E-state index in [1.165, 1.54) is 6.42 Å². The van der Waals surface area contributed by atoms with Crippen molar-refractivity contribution in [3.05, 3.63) is 65.7 Å². The van der Waals surface area contributed by atoms with Crippen LogP contribution in [0.1, 0.15) is 47.6 Å². The van der Waals surface area contributed by atoms with Crippen LogP contribution in [0.5, 0.6) is 0 Å². The molecule has 2 amide bonds. The average Bonchev–Trinajstić information content (AvgIpc) is 2.69. The van der Waals surface area contributed by atoms with Crippen LogP contribution >= 0.6 is 12.4 Å². The first-order chi connectivity index (χ1) is 12.6. The summed E-state index contributed by atoms with van der Waals surface area (Å²) in [6.07, 6.45) is 3.48. The minimum Gasteiger partial charge on any atom is -0.339 e. The number of rotatable bonds is 5. The van der Waals surface area contributed by atoms with E-state index in [1.54, 1.807) is 24.3 Å². The van der Waals surface area contributed by atoms with Crippen molar-refractivity contribution in [1.82, 2.24) is 4.90 Å². The molecule has 0 spiro atoms. The van der Waals surface area contributed by atoms with Crippen LogP contribution in [0.3, 0.4) is 0 Å². The van der Waals surface area contributed by atoms with Crippen LogP contribution in [0, 0.1) is 0 Å². The van der Waals surface area contributed by atoms with Gasteiger partial charge in [-0.1, -0.05) is 36.4 Å². The van der Waals surface area contributed by atoms with E-state index >= 15 is 0 Å². The van der Waals surface area contributed by atoms with Crippen LogP contribution in [0.2, 0.25) is 0 Å². The Kier molecular flexibility index (Phi) is 7.82. The Morgan fingerprint density at radius 3 is 2.41 bits per heavy atom. The Hall–Kier alpha value is -2.37. The summed E-state index contributed by atoms with van der Waals surface area (Å²) in [6, 6.07) is 16.3. The number of nitrogens with one attached hydrogen (secondary N) is 1. The lowest BCUT2D eigenvalue weighted by molar-refractivity contribution is -0.116. The lowest BCUT2D eigenvalue weighted by Gasteiger charge is -2.26. The van der Waals surface area contributed by atoms with Gasteiger partial charge >= 0.3 is 0 Å². The number of hydrogen-bond donors (Lipinski definition) is 2. The van der Waals surface area contributed by atoms with E-state index in [0.717, 1.165) is 31.5 Å². The summed E-state index contributed by atoms with van der Waals surface area (Å²) in [5.74, 6) is -0.134. The number of amides is 2. The highest BCUT2D eigenvalue weighted by atomic mass is 35.5. The van der Waals surface area contributed by atoms with E-state index in [0.29, 0.717) is 11.3 Å². The lowest BCUT2D eigenvalue weighted by atomic mass is 10.0. The van der Waals surface area contributed by atoms with Crippen molar-refractivity contribution in [1.29, 1.82) is 0 Å². The molecule has 3 rings (SSSR count). The first-order valence-corrected chi connectivity index (χ1v) is 9.13. The molecule has 1 fully saturated rings. The molecule has 0 aliphatic carbocycles. The first kappa shape index (κ1) is 20.9. The number of piperidine rings is 1. The van der Waals surface area contributed by atoms with Crippen molar-refractivity contribution < 1.29 is 9.59 Å². The summed E-state index contributed by atoms with van der Waals surface area (Å²) < 4.78 is 0. The summed E-state index contributed by atoms with van der Waals surface area (Å²) >= 11 is 0. The number of anilines is 1. The van der Waals surface area contributed by atoms with Crippen LogP contribution in [0.25, 0.3) is 0 Å². The zero-order chi connectivity index (χ0) is 18.4. The maximum absolute atomic E-state index is 12.6. The largest absolute Gasteiger partial charge is 0.339 e. The maximum atomic E-state index is 12.6. The molecule has 0 radical (unpaired) electrons. The first-order valence-electron chi connectivity index (χ1n) is 9.13. The van der Waals surface area contributed by atoms with Crippen molar-refractivity contribution in [2.75, 3.05) is 18.4 Å². The second-order valence-electron chi connectivity index (χ2n) is 6.70. The van der Waals surface area contributed by atoms with E-state index in [2.05, 4.69) is 5.32 Å². The number of carbonyl (C=O) groups is 2. The summed E-state index contributed by atoms with van der Waals surface area (Å²) in [5, 5.41) is 2.85. The molecule has 2 aromatic carbocycles. The van der Waals surface area contributed by atoms with Gasteiger partial charge in [0.25, 0.3) is 5.91 Å². The third kappa shape index (κ3) is 5.81. The Balaban J connectivity index is 0.00000261. The van der Waals surface area contributed by atoms with Crippen LogP contribution < -0.4 is 11.1 Å². The molecule has 3 N–H and O–H groups in total. The van der Waals surface area contributed by atoms with Gasteiger partial charge < -0.3 is 16.0 Å². The second-order valence-corrected chi connectivity index (χ2v) is 6.70. The lowest BCUT2D eigenvalue weighted by Crippen LogP contribution is -2.35. The van der Waals surface area contributed by atoms with Gasteiger partial charge in [-0.25, -0.2) is 0 Å². The summed E-state index contributed by atoms with van der Waals surface area (Å²) in [7, 11) is 0. The highest BCUT2D eigenvalue weighted by molar-refractivity contribution is 5.97. The zero-order valence-corrected chi connectivity index (χ0v) is 16.1. The number of hydrogen-bond acceptors (Lipinski definition) is 3. The van der Waals surface area contributed by atoms with Gasteiger partial charge in [-0.3, -0.25) is 9.59 Å². The Morgan fingerprint density at radius 1 is 1.00 bits per heavy atom. The van der Waals surface area contributed by atoms with Crippen LogP contribution in [0.15, 0.2) is 54.6 Å². The smallest absolute Gasteiger partial charge is 0.253 e. The summed E-state index contributed by atoms with van der Waals surface area (Å²) in [6.45, 7) is 1.61. The molecule has 1 aliphatic rings. The highest BCUT2D eigenvalue weighted by Gasteiger charge is 2.18. The van der Waals surface area contributed by atoms with Crippen molar-refractivity contribution in [3.63, 3.8) is 0 Å². The quantitative estimate of drug-likeness (QED) is 0.820. The topological polar surface area (TPSA) is 75.4 Å². The molecule has 144 valence electrons. The third-order valence-corrected chi connectivity index (χ3v) is 4.67. The van der Waals surface area contributed by atoms with E-state index < -0.39 is 0 Å². The molecule has 5 nitrogen and oxygen atoms in total. The van der Waals surface area contributed by atoms with Gasteiger partial charge in [0.05, 0.1) is 0 Å². The normalized spacial score (nSPS) is 14.8. The second kappa shape index (κ2) is 10.1. The number of carbonyl (C=O) groups excluding carboxylic acids is 2. The van der Waals surface area contributed by atoms with Crippen LogP contribution in [-0.2, 0) is 4.79 Å². The van der Waals surface area contributed by atoms with Gasteiger partial charge in [0.1, 0.15) is 0 Å². The molecule has 0 saturated carbocycles. The highest BCUT2D eigenvalue weighted by Crippen LogP contribution is 2.18. The molecule has 2 aromatic rings. The SMILES string of the molecule is Cl.NC(CC(=O)Nc1cccc(C(=O)N2CCCCC2)c1)c1ccccc1. The molecule has 0 bridgehead atoms. The van der Waals surface area contributed by atoms with Gasteiger partial charge in [0, 0.05) is 36.8 Å². The van der Waals surface area contributed by atoms with Crippen LogP contribution in [-0.4, -0.2) is 29.8 Å². The van der Waals surface area contributed by atoms with E-state index in [-0.39, 0.29) is 36.7 Å². The van der Waals surface area contributed by atoms with Gasteiger partial charge in [-0.05, 0) is 43.0 Å². The van der Waals surface area contributed by atoms with Crippen LogP contribution in [0.4, 0.5) is 5.69 Å². The third-order valence-electron chi connectivity index (χ3n) is 4.67. The Bertz CT molecular complexity index is 761. The number of halogens is 1. The van der Waals surface area contributed by atoms with Crippen molar-refractivity contribution in [2.45, 2.75) is 31.7 Å². The minimum absolute atomic E-state index is 0. The average molecular weight is 388 g/mol. The van der Waals surface area contributed by atoms with Gasteiger partial charge in [-0.2, -0.15) is 0 Å². The molecule has 0 aromatic heterocycles. The Labute approximate surface area is 166 Å². The molecule has 1 saturated heterocycles. The van der Waals surface area contributed by atoms with E-state index in [1.807, 2.05) is 35.2 Å². The fraction of sp³-hybridized carbons (Fsp3) is 0.333. The maximum Gasteiger partial charge on any atom is 0.253 e. The number of benzene rings is 2. The fourth-order valence-electron chi connectivity index (χ4n) is 3.24. The number of nitrogens with two attached hydrogens (primary N) is 1. The molecule has 1 heterocycles. The molecule has 1 unspecified atom stereocenters. The molecule has 1 aliphatic heterocycles. The molecule has 1 atom stereocenters. The van der Waals surface area contributed by atoms with Gasteiger partial charge in [0.2, 0.25) is 5.91 Å². The fourth-order valence-corrected chi connectivity index (χ4v) is 3.24. The predicted molar refractivity (Wildman–Crippen MR) is 110 cm³/mol. The Morgan fingerprint density at radius 2 is 1.70 bits per heavy atom. The van der Waals surface area contributed by atoms with Gasteiger partial charge in [-0.15, -0.1) is 12.4 Å². The summed E-state index contributed by atoms with van der Waals surface area (Å²) in [4.78, 5) is 26.8. The van der Waals surface area contributed by atoms with Crippen molar-refractivity contribution in [3.8, 4) is 0 Å². The predicted octanol–water partition coefficient (Wildman–Crippen LogP) is 3.76. The minimum atomic E-state index is -0.352. The van der Waals surface area contributed by atoms with Crippen molar-refractivity contribution >= 4 is 29.9 Å². The molecular formula is C21H26ClN3O2. The van der Waals surface area contributed by atoms with Gasteiger partial charge in [0.15, 0.2) is 0 Å². The molecule has 6 heteroatoms. The number of nitrogens with zero attached hydrogens (tertiary/aromatic N) is 1. The summed E-state index contributed by atoms with van der Waals surface area (Å²) in [5.41, 5.74) is 8.26.